The van der Waals surface area contributed by atoms with Crippen molar-refractivity contribution in [1.29, 1.82) is 0 Å². The molecule has 0 aliphatic carbocycles. The van der Waals surface area contributed by atoms with Crippen LogP contribution in [0.15, 0.2) is 60.7 Å². The molecule has 0 amide bonds. The molecule has 0 aromatic heterocycles. The molecular formula is C28H42FNO5. The molecule has 7 heteroatoms. The number of hydrogen-bond acceptors (Lipinski definition) is 6. The lowest BCUT2D eigenvalue weighted by molar-refractivity contribution is -0.0166. The zero-order valence-electron chi connectivity index (χ0n) is 21.1. The highest BCUT2D eigenvalue weighted by Gasteiger charge is 2.15. The summed E-state index contributed by atoms with van der Waals surface area (Å²) in [5.74, 6) is 0. The first-order valence-electron chi connectivity index (χ1n) is 12.6. The van der Waals surface area contributed by atoms with Gasteiger partial charge in [0, 0.05) is 26.2 Å². The summed E-state index contributed by atoms with van der Waals surface area (Å²) in [6.45, 7) is 8.62. The third-order valence-electron chi connectivity index (χ3n) is 5.09. The van der Waals surface area contributed by atoms with Crippen LogP contribution >= 0.6 is 0 Å². The quantitative estimate of drug-likeness (QED) is 0.226. The van der Waals surface area contributed by atoms with Crippen molar-refractivity contribution in [3.63, 3.8) is 0 Å². The van der Waals surface area contributed by atoms with E-state index in [9.17, 15) is 4.39 Å². The molecule has 0 N–H and O–H groups in total. The molecule has 0 aliphatic heterocycles. The van der Waals surface area contributed by atoms with Gasteiger partial charge in [0.15, 0.2) is 0 Å². The Balaban J connectivity index is 1.50. The van der Waals surface area contributed by atoms with Gasteiger partial charge in [-0.05, 0) is 17.5 Å². The maximum Gasteiger partial charge on any atom is 0.136 e. The van der Waals surface area contributed by atoms with Crippen LogP contribution in [0.1, 0.15) is 24.5 Å². The zero-order valence-corrected chi connectivity index (χ0v) is 21.1. The second kappa shape index (κ2) is 20.3. The predicted molar refractivity (Wildman–Crippen MR) is 136 cm³/mol. The van der Waals surface area contributed by atoms with E-state index >= 15 is 0 Å². The minimum atomic E-state index is -1.07. The lowest BCUT2D eigenvalue weighted by Gasteiger charge is -2.24. The van der Waals surface area contributed by atoms with Crippen LogP contribution in [0.4, 0.5) is 4.39 Å². The van der Waals surface area contributed by atoms with Crippen molar-refractivity contribution in [2.24, 2.45) is 0 Å². The van der Waals surface area contributed by atoms with Crippen LogP contribution < -0.4 is 0 Å². The fourth-order valence-electron chi connectivity index (χ4n) is 3.44. The summed E-state index contributed by atoms with van der Waals surface area (Å²) in [6.07, 6.45) is -0.0527. The summed E-state index contributed by atoms with van der Waals surface area (Å²) in [5, 5.41) is 0. The lowest BCUT2D eigenvalue weighted by Crippen LogP contribution is -2.32. The third-order valence-corrected chi connectivity index (χ3v) is 5.09. The zero-order chi connectivity index (χ0) is 24.8. The highest BCUT2D eigenvalue weighted by molar-refractivity contribution is 5.17. The molecule has 0 radical (unpaired) electrons. The van der Waals surface area contributed by atoms with Crippen LogP contribution in [-0.2, 0) is 36.8 Å². The maximum absolute atomic E-state index is 14.7. The predicted octanol–water partition coefficient (Wildman–Crippen LogP) is 4.52. The van der Waals surface area contributed by atoms with Gasteiger partial charge >= 0.3 is 0 Å². The topological polar surface area (TPSA) is 49.4 Å². The summed E-state index contributed by atoms with van der Waals surface area (Å²) in [5.41, 5.74) is 2.33. The highest BCUT2D eigenvalue weighted by atomic mass is 19.1. The Labute approximate surface area is 210 Å². The van der Waals surface area contributed by atoms with Gasteiger partial charge in [0.1, 0.15) is 6.17 Å². The van der Waals surface area contributed by atoms with Gasteiger partial charge in [0.25, 0.3) is 0 Å². The molecule has 2 aromatic rings. The molecule has 0 spiro atoms. The minimum Gasteiger partial charge on any atom is -0.379 e. The largest absolute Gasteiger partial charge is 0.379 e. The molecule has 0 bridgehead atoms. The maximum atomic E-state index is 14.7. The van der Waals surface area contributed by atoms with E-state index in [0.717, 1.165) is 13.0 Å². The molecule has 35 heavy (non-hydrogen) atoms. The molecule has 6 nitrogen and oxygen atoms in total. The molecule has 2 rings (SSSR count). The van der Waals surface area contributed by atoms with Gasteiger partial charge in [0.05, 0.1) is 59.5 Å². The molecule has 1 atom stereocenters. The van der Waals surface area contributed by atoms with Crippen LogP contribution in [0.2, 0.25) is 0 Å². The Morgan fingerprint density at radius 1 is 0.600 bits per heavy atom. The minimum absolute atomic E-state index is 0.0548. The normalized spacial score (nSPS) is 12.3. The first kappa shape index (κ1) is 29.4. The van der Waals surface area contributed by atoms with Crippen LogP contribution in [0.5, 0.6) is 0 Å². The summed E-state index contributed by atoms with van der Waals surface area (Å²) in [4.78, 5) is 2.12. The van der Waals surface area contributed by atoms with Crippen molar-refractivity contribution in [1.82, 2.24) is 4.90 Å². The number of hydrogen-bond donors (Lipinski definition) is 0. The van der Waals surface area contributed by atoms with Crippen molar-refractivity contribution in [2.75, 3.05) is 72.6 Å². The highest BCUT2D eigenvalue weighted by Crippen LogP contribution is 2.12. The molecule has 1 unspecified atom stereocenters. The standard InChI is InChI=1S/C28H42FNO5/c1-2-13-31-14-15-32-16-17-33-18-19-34-20-21-35-25-28(29)24-30(22-26-9-5-3-6-10-26)23-27-11-7-4-8-12-27/h3-12,28H,2,13-25H2,1H3. The molecular weight excluding hydrogens is 449 g/mol. The van der Waals surface area contributed by atoms with E-state index < -0.39 is 6.17 Å². The first-order valence-corrected chi connectivity index (χ1v) is 12.6. The second-order valence-electron chi connectivity index (χ2n) is 8.26. The molecule has 0 saturated carbocycles. The van der Waals surface area contributed by atoms with Gasteiger partial charge in [-0.15, -0.1) is 0 Å². The third kappa shape index (κ3) is 15.7. The molecule has 0 saturated heterocycles. The van der Waals surface area contributed by atoms with E-state index in [1.165, 1.54) is 11.1 Å². The first-order chi connectivity index (χ1) is 17.3. The van der Waals surface area contributed by atoms with Crippen LogP contribution in [0.25, 0.3) is 0 Å². The summed E-state index contributed by atoms with van der Waals surface area (Å²) < 4.78 is 41.8. The number of alkyl halides is 1. The van der Waals surface area contributed by atoms with Gasteiger partial charge in [-0.2, -0.15) is 0 Å². The van der Waals surface area contributed by atoms with E-state index in [1.807, 2.05) is 36.4 Å². The Kier molecular flexibility index (Phi) is 17.1. The fraction of sp³-hybridized carbons (Fsp3) is 0.571. The number of nitrogens with zero attached hydrogens (tertiary/aromatic N) is 1. The average molecular weight is 492 g/mol. The lowest BCUT2D eigenvalue weighted by atomic mass is 10.1. The second-order valence-corrected chi connectivity index (χ2v) is 8.26. The monoisotopic (exact) mass is 491 g/mol. The van der Waals surface area contributed by atoms with Crippen molar-refractivity contribution in [2.45, 2.75) is 32.6 Å². The molecule has 0 aliphatic rings. The van der Waals surface area contributed by atoms with E-state index in [1.54, 1.807) is 0 Å². The van der Waals surface area contributed by atoms with Crippen molar-refractivity contribution in [3.05, 3.63) is 71.8 Å². The Morgan fingerprint density at radius 2 is 1.00 bits per heavy atom. The van der Waals surface area contributed by atoms with Gasteiger partial charge < -0.3 is 23.7 Å². The molecule has 2 aromatic carbocycles. The van der Waals surface area contributed by atoms with E-state index in [2.05, 4.69) is 36.1 Å². The molecule has 0 heterocycles. The molecule has 0 fully saturated rings. The van der Waals surface area contributed by atoms with Crippen LogP contribution in [0.3, 0.4) is 0 Å². The van der Waals surface area contributed by atoms with Gasteiger partial charge in [-0.1, -0.05) is 67.6 Å². The smallest absolute Gasteiger partial charge is 0.136 e. The van der Waals surface area contributed by atoms with E-state index in [4.69, 9.17) is 23.7 Å². The Morgan fingerprint density at radius 3 is 1.43 bits per heavy atom. The number of rotatable bonds is 22. The van der Waals surface area contributed by atoms with Gasteiger partial charge in [0.2, 0.25) is 0 Å². The Hall–Kier alpha value is -1.87. The van der Waals surface area contributed by atoms with Gasteiger partial charge in [-0.25, -0.2) is 4.39 Å². The van der Waals surface area contributed by atoms with E-state index in [0.29, 0.717) is 72.5 Å². The number of ether oxygens (including phenoxy) is 5. The van der Waals surface area contributed by atoms with E-state index in [-0.39, 0.29) is 6.61 Å². The summed E-state index contributed by atoms with van der Waals surface area (Å²) in [6, 6.07) is 20.3. The fourth-order valence-corrected chi connectivity index (χ4v) is 3.44. The number of halogens is 1. The molecule has 196 valence electrons. The average Bonchev–Trinajstić information content (AvgIpc) is 2.87. The summed E-state index contributed by atoms with van der Waals surface area (Å²) in [7, 11) is 0. The summed E-state index contributed by atoms with van der Waals surface area (Å²) >= 11 is 0. The van der Waals surface area contributed by atoms with Crippen LogP contribution in [-0.4, -0.2) is 83.7 Å². The van der Waals surface area contributed by atoms with Crippen molar-refractivity contribution in [3.8, 4) is 0 Å². The van der Waals surface area contributed by atoms with Crippen molar-refractivity contribution < 1.29 is 28.1 Å². The SMILES string of the molecule is CCCOCCOCCOCCOCCOCC(F)CN(Cc1ccccc1)Cc1ccccc1. The van der Waals surface area contributed by atoms with Gasteiger partial charge in [-0.3, -0.25) is 4.90 Å². The number of benzene rings is 2. The van der Waals surface area contributed by atoms with Crippen LogP contribution in [0, 0.1) is 0 Å². The van der Waals surface area contributed by atoms with Crippen molar-refractivity contribution >= 4 is 0 Å². The Bertz CT molecular complexity index is 680.